The van der Waals surface area contributed by atoms with Crippen molar-refractivity contribution >= 4 is 45.9 Å². The van der Waals surface area contributed by atoms with E-state index in [2.05, 4.69) is 0 Å². The second kappa shape index (κ2) is 11.2. The molecule has 6 nitrogen and oxygen atoms in total. The van der Waals surface area contributed by atoms with Crippen molar-refractivity contribution in [2.24, 2.45) is 4.99 Å². The lowest BCUT2D eigenvalue weighted by atomic mass is 9.90. The van der Waals surface area contributed by atoms with Gasteiger partial charge in [-0.25, -0.2) is 4.99 Å². The van der Waals surface area contributed by atoms with E-state index in [4.69, 9.17) is 9.73 Å². The number of methoxy groups -OCH3 is 1. The second-order valence-corrected chi connectivity index (χ2v) is 11.1. The number of thioether (sulfide) groups is 1. The number of rotatable bonds is 7. The number of hydrogen-bond donors (Lipinski definition) is 0. The highest BCUT2D eigenvalue weighted by Gasteiger charge is 2.36. The predicted octanol–water partition coefficient (Wildman–Crippen LogP) is 4.99. The van der Waals surface area contributed by atoms with Crippen LogP contribution in [0.4, 0.5) is 0 Å². The van der Waals surface area contributed by atoms with Gasteiger partial charge in [0, 0.05) is 23.5 Å². The Morgan fingerprint density at radius 2 is 1.82 bits per heavy atom. The zero-order valence-electron chi connectivity index (χ0n) is 22.7. The standard InChI is InChI=1S/C31H31N3O3S2/c1-6-33(7-2)30(36)26-19(3)32-31-34(29(35)25(39-31)18-20-12-15-22(38-5)16-13-20)28(26)27-23-11-9-8-10-21(23)14-17-24(27)37-4/h8-18,28H,6-7H2,1-5H3/b25-18+/t28-/m1/s1. The topological polar surface area (TPSA) is 63.9 Å². The fourth-order valence-electron chi connectivity index (χ4n) is 5.14. The maximum absolute atomic E-state index is 14.1. The number of ether oxygens (including phenoxy) is 1. The Kier molecular flexibility index (Phi) is 7.77. The molecule has 0 aliphatic carbocycles. The molecule has 0 saturated heterocycles. The number of allylic oxidation sites excluding steroid dienone is 1. The molecule has 1 amide bonds. The Labute approximate surface area is 236 Å². The van der Waals surface area contributed by atoms with E-state index < -0.39 is 6.04 Å². The highest BCUT2D eigenvalue weighted by atomic mass is 32.2. The molecule has 200 valence electrons. The Morgan fingerprint density at radius 3 is 2.49 bits per heavy atom. The highest BCUT2D eigenvalue weighted by molar-refractivity contribution is 7.98. The van der Waals surface area contributed by atoms with E-state index in [1.165, 1.54) is 11.3 Å². The Hall–Kier alpha value is -3.62. The van der Waals surface area contributed by atoms with Gasteiger partial charge in [0.05, 0.1) is 22.9 Å². The van der Waals surface area contributed by atoms with Crippen LogP contribution in [0.3, 0.4) is 0 Å². The number of thiazole rings is 1. The molecule has 8 heteroatoms. The largest absolute Gasteiger partial charge is 0.496 e. The summed E-state index contributed by atoms with van der Waals surface area (Å²) in [5.74, 6) is 0.503. The number of benzene rings is 3. The van der Waals surface area contributed by atoms with E-state index in [9.17, 15) is 9.59 Å². The number of fused-ring (bicyclic) bond motifs is 2. The fourth-order valence-corrected chi connectivity index (χ4v) is 6.59. The van der Waals surface area contributed by atoms with Crippen LogP contribution in [0.15, 0.2) is 86.6 Å². The lowest BCUT2D eigenvalue weighted by Crippen LogP contribution is -2.43. The molecule has 1 aliphatic heterocycles. The lowest BCUT2D eigenvalue weighted by Gasteiger charge is -2.30. The minimum absolute atomic E-state index is 0.122. The third-order valence-electron chi connectivity index (χ3n) is 7.14. The molecule has 0 bridgehead atoms. The fraction of sp³-hybridized carbons (Fsp3) is 0.258. The summed E-state index contributed by atoms with van der Waals surface area (Å²) in [5.41, 5.74) is 2.66. The first-order valence-corrected chi connectivity index (χ1v) is 15.0. The molecule has 1 aromatic heterocycles. The predicted molar refractivity (Wildman–Crippen MR) is 160 cm³/mol. The van der Waals surface area contributed by atoms with Crippen molar-refractivity contribution < 1.29 is 9.53 Å². The molecule has 1 atom stereocenters. The number of carbonyl (C=O) groups excluding carboxylic acids is 1. The second-order valence-electron chi connectivity index (χ2n) is 9.24. The van der Waals surface area contributed by atoms with Gasteiger partial charge in [-0.3, -0.25) is 14.2 Å². The first kappa shape index (κ1) is 27.0. The quantitative estimate of drug-likeness (QED) is 0.301. The van der Waals surface area contributed by atoms with E-state index in [0.717, 1.165) is 26.8 Å². The number of aromatic nitrogens is 1. The zero-order chi connectivity index (χ0) is 27.7. The van der Waals surface area contributed by atoms with E-state index in [1.807, 2.05) is 93.8 Å². The van der Waals surface area contributed by atoms with Crippen LogP contribution < -0.4 is 19.6 Å². The summed E-state index contributed by atoms with van der Waals surface area (Å²) in [6, 6.07) is 19.3. The van der Waals surface area contributed by atoms with Crippen LogP contribution in [0.5, 0.6) is 5.75 Å². The van der Waals surface area contributed by atoms with Crippen LogP contribution in [0, 0.1) is 0 Å². The number of amides is 1. The molecule has 0 N–H and O–H groups in total. The molecule has 2 heterocycles. The van der Waals surface area contributed by atoms with Crippen LogP contribution in [0.2, 0.25) is 0 Å². The van der Waals surface area contributed by atoms with Gasteiger partial charge < -0.3 is 9.64 Å². The summed E-state index contributed by atoms with van der Waals surface area (Å²) in [7, 11) is 1.62. The molecule has 0 fully saturated rings. The van der Waals surface area contributed by atoms with Gasteiger partial charge in [-0.2, -0.15) is 0 Å². The zero-order valence-corrected chi connectivity index (χ0v) is 24.4. The van der Waals surface area contributed by atoms with Crippen molar-refractivity contribution in [3.8, 4) is 5.75 Å². The van der Waals surface area contributed by atoms with Crippen LogP contribution in [0.25, 0.3) is 16.8 Å². The van der Waals surface area contributed by atoms with E-state index in [-0.39, 0.29) is 11.5 Å². The summed E-state index contributed by atoms with van der Waals surface area (Å²) in [4.78, 5) is 36.5. The van der Waals surface area contributed by atoms with Crippen LogP contribution in [0.1, 0.15) is 37.9 Å². The summed E-state index contributed by atoms with van der Waals surface area (Å²) in [5, 5.41) is 1.94. The van der Waals surface area contributed by atoms with Gasteiger partial charge in [0.2, 0.25) is 0 Å². The van der Waals surface area contributed by atoms with Gasteiger partial charge >= 0.3 is 0 Å². The molecule has 3 aromatic carbocycles. The van der Waals surface area contributed by atoms with E-state index >= 15 is 0 Å². The van der Waals surface area contributed by atoms with Crippen LogP contribution >= 0.6 is 23.1 Å². The Morgan fingerprint density at radius 1 is 1.10 bits per heavy atom. The summed E-state index contributed by atoms with van der Waals surface area (Å²) in [6.45, 7) is 6.90. The van der Waals surface area contributed by atoms with Crippen LogP contribution in [-0.2, 0) is 4.79 Å². The molecule has 0 unspecified atom stereocenters. The summed E-state index contributed by atoms with van der Waals surface area (Å²) >= 11 is 3.02. The number of carbonyl (C=O) groups is 1. The van der Waals surface area contributed by atoms with Gasteiger partial charge in [0.25, 0.3) is 11.5 Å². The highest BCUT2D eigenvalue weighted by Crippen LogP contribution is 2.40. The number of likely N-dealkylation sites (N-methyl/N-ethyl adjacent to an activating group) is 1. The van der Waals surface area contributed by atoms with Gasteiger partial charge in [0.1, 0.15) is 11.8 Å². The molecule has 1 aliphatic rings. The molecule has 0 radical (unpaired) electrons. The Balaban J connectivity index is 1.83. The minimum Gasteiger partial charge on any atom is -0.496 e. The molecule has 0 saturated carbocycles. The average molecular weight is 558 g/mol. The van der Waals surface area contributed by atoms with Crippen molar-refractivity contribution in [1.29, 1.82) is 0 Å². The average Bonchev–Trinajstić information content (AvgIpc) is 3.26. The smallest absolute Gasteiger partial charge is 0.271 e. The summed E-state index contributed by atoms with van der Waals surface area (Å²) in [6.07, 6.45) is 3.94. The van der Waals surface area contributed by atoms with Gasteiger partial charge in [-0.15, -0.1) is 11.8 Å². The van der Waals surface area contributed by atoms with E-state index in [0.29, 0.717) is 39.4 Å². The van der Waals surface area contributed by atoms with Crippen molar-refractivity contribution in [3.05, 3.63) is 103 Å². The molecular weight excluding hydrogens is 526 g/mol. The monoisotopic (exact) mass is 557 g/mol. The lowest BCUT2D eigenvalue weighted by molar-refractivity contribution is -0.127. The first-order chi connectivity index (χ1) is 18.9. The maximum atomic E-state index is 14.1. The molecule has 4 aromatic rings. The molecule has 0 spiro atoms. The SMILES string of the molecule is CCN(CC)C(=O)C1=C(C)N=c2s/c(=C/c3ccc(SC)cc3)c(=O)n2[C@H]1c1c(OC)ccc2ccccc12. The maximum Gasteiger partial charge on any atom is 0.271 e. The summed E-state index contributed by atoms with van der Waals surface area (Å²) < 4.78 is 8.11. The molecule has 39 heavy (non-hydrogen) atoms. The van der Waals surface area contributed by atoms with E-state index in [1.54, 1.807) is 28.3 Å². The van der Waals surface area contributed by atoms with Crippen molar-refractivity contribution in [2.75, 3.05) is 26.5 Å². The Bertz CT molecular complexity index is 1760. The number of hydrogen-bond acceptors (Lipinski definition) is 6. The third kappa shape index (κ3) is 4.83. The van der Waals surface area contributed by atoms with Crippen LogP contribution in [-0.4, -0.2) is 41.8 Å². The molecule has 5 rings (SSSR count). The molecular formula is C31H31N3O3S2. The number of nitrogens with zero attached hydrogens (tertiary/aromatic N) is 3. The minimum atomic E-state index is -0.684. The third-order valence-corrected chi connectivity index (χ3v) is 8.87. The normalized spacial score (nSPS) is 15.3. The van der Waals surface area contributed by atoms with Gasteiger partial charge in [-0.05, 0) is 67.6 Å². The first-order valence-electron chi connectivity index (χ1n) is 12.9. The van der Waals surface area contributed by atoms with Gasteiger partial charge in [0.15, 0.2) is 4.80 Å². The van der Waals surface area contributed by atoms with Crippen molar-refractivity contribution in [3.63, 3.8) is 0 Å². The van der Waals surface area contributed by atoms with Gasteiger partial charge in [-0.1, -0.05) is 53.8 Å². The van der Waals surface area contributed by atoms with Crippen molar-refractivity contribution in [2.45, 2.75) is 31.7 Å². The van der Waals surface area contributed by atoms with Crippen molar-refractivity contribution in [1.82, 2.24) is 9.47 Å².